The number of hydrogen-bond donors (Lipinski definition) is 0. The van der Waals surface area contributed by atoms with Crippen LogP contribution in [0.4, 0.5) is 0 Å². The summed E-state index contributed by atoms with van der Waals surface area (Å²) in [6, 6.07) is 0. The van der Waals surface area contributed by atoms with E-state index in [0.717, 1.165) is 35.5 Å². The summed E-state index contributed by atoms with van der Waals surface area (Å²) in [5.41, 5.74) is 1.59. The third kappa shape index (κ3) is 1.65. The first-order chi connectivity index (χ1) is 7.61. The molecule has 0 heterocycles. The highest BCUT2D eigenvalue weighted by atomic mass is 14.5. The zero-order valence-electron chi connectivity index (χ0n) is 11.5. The second kappa shape index (κ2) is 4.55. The molecule has 0 heteroatoms. The molecule has 0 aromatic carbocycles. The average Bonchev–Trinajstić information content (AvgIpc) is 2.53. The molecule has 92 valence electrons. The van der Waals surface area contributed by atoms with Gasteiger partial charge in [-0.05, 0) is 48.3 Å². The molecule has 6 atom stereocenters. The van der Waals surface area contributed by atoms with Gasteiger partial charge in [0.15, 0.2) is 0 Å². The Morgan fingerprint density at radius 2 is 1.81 bits per heavy atom. The molecule has 0 aliphatic heterocycles. The highest BCUT2D eigenvalue weighted by molar-refractivity contribution is 5.18. The molecule has 0 aromatic rings. The quantitative estimate of drug-likeness (QED) is 0.580. The van der Waals surface area contributed by atoms with E-state index in [1.165, 1.54) is 25.7 Å². The normalized spacial score (nSPS) is 48.1. The Bertz CT molecular complexity index is 265. The molecule has 0 N–H and O–H groups in total. The lowest BCUT2D eigenvalue weighted by atomic mass is 9.65. The molecule has 0 aromatic heterocycles. The van der Waals surface area contributed by atoms with Crippen LogP contribution in [0.15, 0.2) is 12.2 Å². The van der Waals surface area contributed by atoms with Crippen molar-refractivity contribution in [1.29, 1.82) is 0 Å². The van der Waals surface area contributed by atoms with Gasteiger partial charge in [0.25, 0.3) is 0 Å². The first-order valence-electron chi connectivity index (χ1n) is 7.30. The lowest BCUT2D eigenvalue weighted by Crippen LogP contribution is -2.32. The summed E-state index contributed by atoms with van der Waals surface area (Å²) in [5.74, 6) is 5.36. The van der Waals surface area contributed by atoms with Crippen molar-refractivity contribution in [3.8, 4) is 0 Å². The molecule has 16 heavy (non-hydrogen) atoms. The van der Waals surface area contributed by atoms with Gasteiger partial charge in [-0.2, -0.15) is 0 Å². The van der Waals surface area contributed by atoms with Crippen molar-refractivity contribution >= 4 is 0 Å². The van der Waals surface area contributed by atoms with E-state index in [9.17, 15) is 0 Å². The predicted molar refractivity (Wildman–Crippen MR) is 71.2 cm³/mol. The molecule has 2 saturated carbocycles. The summed E-state index contributed by atoms with van der Waals surface area (Å²) >= 11 is 0. The molecule has 2 fully saturated rings. The zero-order chi connectivity index (χ0) is 11.9. The molecule has 0 saturated heterocycles. The minimum atomic E-state index is 0.776. The van der Waals surface area contributed by atoms with Gasteiger partial charge in [-0.1, -0.05) is 52.7 Å². The summed E-state index contributed by atoms with van der Waals surface area (Å²) in [6.07, 6.45) is 5.65. The van der Waals surface area contributed by atoms with Gasteiger partial charge >= 0.3 is 0 Å². The molecule has 2 aliphatic carbocycles. The van der Waals surface area contributed by atoms with E-state index >= 15 is 0 Å². The van der Waals surface area contributed by atoms with E-state index in [4.69, 9.17) is 0 Å². The van der Waals surface area contributed by atoms with E-state index in [-0.39, 0.29) is 0 Å². The van der Waals surface area contributed by atoms with Crippen LogP contribution in [0.2, 0.25) is 0 Å². The van der Waals surface area contributed by atoms with Crippen molar-refractivity contribution in [2.75, 3.05) is 0 Å². The third-order valence-corrected chi connectivity index (χ3v) is 5.84. The van der Waals surface area contributed by atoms with Crippen molar-refractivity contribution in [3.05, 3.63) is 12.2 Å². The van der Waals surface area contributed by atoms with Gasteiger partial charge in [0.1, 0.15) is 0 Å². The molecular formula is C16H28. The number of allylic oxidation sites excluding steroid dienone is 1. The molecule has 2 aliphatic rings. The second-order valence-corrected chi connectivity index (χ2v) is 6.23. The van der Waals surface area contributed by atoms with Gasteiger partial charge in [0.2, 0.25) is 0 Å². The third-order valence-electron chi connectivity index (χ3n) is 5.84. The lowest BCUT2D eigenvalue weighted by Gasteiger charge is -2.40. The van der Waals surface area contributed by atoms with Crippen LogP contribution in [0.1, 0.15) is 53.4 Å². The van der Waals surface area contributed by atoms with Crippen LogP contribution < -0.4 is 0 Å². The fourth-order valence-electron chi connectivity index (χ4n) is 4.81. The standard InChI is InChI=1S/C16H28/c1-6-13-8-9-15-14(7-2)10(3)11(4)16(15)12(13)5/h10,12-16H,4,6-9H2,1-3,5H3. The minimum Gasteiger partial charge on any atom is -0.0993 e. The molecule has 0 amide bonds. The first kappa shape index (κ1) is 12.2. The minimum absolute atomic E-state index is 0.776. The molecule has 0 bridgehead atoms. The van der Waals surface area contributed by atoms with Crippen LogP contribution in [-0.2, 0) is 0 Å². The summed E-state index contributed by atoms with van der Waals surface area (Å²) in [6.45, 7) is 14.1. The summed E-state index contributed by atoms with van der Waals surface area (Å²) in [4.78, 5) is 0. The molecule has 0 nitrogen and oxygen atoms in total. The van der Waals surface area contributed by atoms with Crippen molar-refractivity contribution in [3.63, 3.8) is 0 Å². The van der Waals surface area contributed by atoms with Gasteiger partial charge < -0.3 is 0 Å². The van der Waals surface area contributed by atoms with E-state index in [1.54, 1.807) is 5.57 Å². The lowest BCUT2D eigenvalue weighted by molar-refractivity contribution is 0.112. The Morgan fingerprint density at radius 3 is 2.38 bits per heavy atom. The maximum absolute atomic E-state index is 4.44. The topological polar surface area (TPSA) is 0 Å². The molecular weight excluding hydrogens is 192 g/mol. The van der Waals surface area contributed by atoms with E-state index in [0.29, 0.717) is 0 Å². The fourth-order valence-corrected chi connectivity index (χ4v) is 4.81. The van der Waals surface area contributed by atoms with Gasteiger partial charge in [0.05, 0.1) is 0 Å². The largest absolute Gasteiger partial charge is 0.0993 e. The maximum Gasteiger partial charge on any atom is -0.0144 e. The average molecular weight is 220 g/mol. The summed E-state index contributed by atoms with van der Waals surface area (Å²) < 4.78 is 0. The van der Waals surface area contributed by atoms with Crippen molar-refractivity contribution in [2.45, 2.75) is 53.4 Å². The van der Waals surface area contributed by atoms with Crippen LogP contribution in [0.25, 0.3) is 0 Å². The zero-order valence-corrected chi connectivity index (χ0v) is 11.5. The SMILES string of the molecule is C=C1C(C)C(CC)C2CCC(CC)C(C)C12. The molecule has 2 rings (SSSR count). The Kier molecular flexibility index (Phi) is 3.47. The van der Waals surface area contributed by atoms with E-state index < -0.39 is 0 Å². The summed E-state index contributed by atoms with van der Waals surface area (Å²) in [5, 5.41) is 0. The second-order valence-electron chi connectivity index (χ2n) is 6.23. The molecule has 0 spiro atoms. The van der Waals surface area contributed by atoms with Crippen molar-refractivity contribution in [1.82, 2.24) is 0 Å². The van der Waals surface area contributed by atoms with Crippen LogP contribution in [0.5, 0.6) is 0 Å². The maximum atomic E-state index is 4.44. The van der Waals surface area contributed by atoms with Gasteiger partial charge in [0, 0.05) is 0 Å². The highest BCUT2D eigenvalue weighted by Gasteiger charge is 2.48. The monoisotopic (exact) mass is 220 g/mol. The highest BCUT2D eigenvalue weighted by Crippen LogP contribution is 2.56. The Morgan fingerprint density at radius 1 is 1.12 bits per heavy atom. The van der Waals surface area contributed by atoms with Gasteiger partial charge in [-0.3, -0.25) is 0 Å². The Balaban J connectivity index is 2.22. The fraction of sp³-hybridized carbons (Fsp3) is 0.875. The molecule has 6 unspecified atom stereocenters. The van der Waals surface area contributed by atoms with Crippen molar-refractivity contribution in [2.24, 2.45) is 35.5 Å². The van der Waals surface area contributed by atoms with Crippen LogP contribution in [-0.4, -0.2) is 0 Å². The number of fused-ring (bicyclic) bond motifs is 1. The molecule has 0 radical (unpaired) electrons. The van der Waals surface area contributed by atoms with Crippen LogP contribution in [0, 0.1) is 35.5 Å². The number of hydrogen-bond acceptors (Lipinski definition) is 0. The first-order valence-corrected chi connectivity index (χ1v) is 7.30. The van der Waals surface area contributed by atoms with Gasteiger partial charge in [-0.15, -0.1) is 0 Å². The van der Waals surface area contributed by atoms with Crippen LogP contribution >= 0.6 is 0 Å². The van der Waals surface area contributed by atoms with E-state index in [1.807, 2.05) is 0 Å². The van der Waals surface area contributed by atoms with E-state index in [2.05, 4.69) is 34.3 Å². The van der Waals surface area contributed by atoms with Crippen molar-refractivity contribution < 1.29 is 0 Å². The summed E-state index contributed by atoms with van der Waals surface area (Å²) in [7, 11) is 0. The van der Waals surface area contributed by atoms with Gasteiger partial charge in [-0.25, -0.2) is 0 Å². The Labute approximate surface area is 102 Å². The Hall–Kier alpha value is -0.260. The predicted octanol–water partition coefficient (Wildman–Crippen LogP) is 4.91. The smallest absolute Gasteiger partial charge is 0.0144 e. The number of rotatable bonds is 2. The van der Waals surface area contributed by atoms with Crippen LogP contribution in [0.3, 0.4) is 0 Å².